The van der Waals surface area contributed by atoms with Crippen molar-refractivity contribution in [3.63, 3.8) is 0 Å². The van der Waals surface area contributed by atoms with Crippen molar-refractivity contribution in [3.8, 4) is 12.1 Å². The van der Waals surface area contributed by atoms with Crippen LogP contribution in [0.25, 0.3) is 0 Å². The molecule has 1 aromatic rings. The smallest absolute Gasteiger partial charge is 0.318 e. The quantitative estimate of drug-likeness (QED) is 0.860. The Morgan fingerprint density at radius 1 is 1.23 bits per heavy atom. The fourth-order valence-corrected chi connectivity index (χ4v) is 4.37. The molecule has 1 aromatic heterocycles. The summed E-state index contributed by atoms with van der Waals surface area (Å²) in [7, 11) is 2.16. The molecule has 2 saturated heterocycles. The molecule has 0 spiro atoms. The monoisotopic (exact) mass is 356 g/mol. The number of nitrogens with one attached hydrogen (secondary N) is 1. The van der Waals surface area contributed by atoms with Crippen LogP contribution in [0.3, 0.4) is 0 Å². The zero-order valence-corrected chi connectivity index (χ0v) is 15.6. The van der Waals surface area contributed by atoms with E-state index < -0.39 is 0 Å². The summed E-state index contributed by atoms with van der Waals surface area (Å²) in [6, 6.07) is 3.29. The summed E-state index contributed by atoms with van der Waals surface area (Å²) in [5.41, 5.74) is 2.26. The third-order valence-electron chi connectivity index (χ3n) is 5.92. The second-order valence-corrected chi connectivity index (χ2v) is 7.76. The van der Waals surface area contributed by atoms with Crippen LogP contribution in [0.2, 0.25) is 0 Å². The lowest BCUT2D eigenvalue weighted by Crippen LogP contribution is -2.37. The van der Waals surface area contributed by atoms with Gasteiger partial charge in [0.2, 0.25) is 0 Å². The van der Waals surface area contributed by atoms with Gasteiger partial charge < -0.3 is 19.9 Å². The summed E-state index contributed by atoms with van der Waals surface area (Å²) in [6.45, 7) is 5.29. The van der Waals surface area contributed by atoms with E-state index in [0.717, 1.165) is 57.1 Å². The normalized spacial score (nSPS) is 25.9. The highest BCUT2D eigenvalue weighted by Crippen LogP contribution is 2.31. The highest BCUT2D eigenvalue weighted by atomic mass is 16.5. The van der Waals surface area contributed by atoms with E-state index >= 15 is 0 Å². The Balaban J connectivity index is 1.52. The molecule has 140 valence electrons. The van der Waals surface area contributed by atoms with E-state index in [4.69, 9.17) is 15.0 Å². The van der Waals surface area contributed by atoms with Gasteiger partial charge in [-0.15, -0.1) is 0 Å². The summed E-state index contributed by atoms with van der Waals surface area (Å²) in [6.07, 6.45) is 5.28. The Morgan fingerprint density at radius 2 is 2.12 bits per heavy atom. The first-order valence-corrected chi connectivity index (χ1v) is 9.80. The molecule has 1 N–H and O–H groups in total. The predicted octanol–water partition coefficient (Wildman–Crippen LogP) is 1.68. The van der Waals surface area contributed by atoms with Crippen molar-refractivity contribution in [1.82, 2.24) is 20.2 Å². The SMILES string of the molecule is CN1CCCC1COc1nc2c(c(N3CCCC(CC#N)C3)n1)CNC2. The third kappa shape index (κ3) is 3.62. The summed E-state index contributed by atoms with van der Waals surface area (Å²) >= 11 is 0. The average molecular weight is 356 g/mol. The van der Waals surface area contributed by atoms with Crippen molar-refractivity contribution in [3.05, 3.63) is 11.3 Å². The summed E-state index contributed by atoms with van der Waals surface area (Å²) in [5, 5.41) is 12.4. The van der Waals surface area contributed by atoms with Gasteiger partial charge in [-0.05, 0) is 45.2 Å². The van der Waals surface area contributed by atoms with E-state index in [9.17, 15) is 0 Å². The Hall–Kier alpha value is -1.91. The van der Waals surface area contributed by atoms with Gasteiger partial charge in [-0.2, -0.15) is 15.2 Å². The number of fused-ring (bicyclic) bond motifs is 1. The first-order chi connectivity index (χ1) is 12.7. The van der Waals surface area contributed by atoms with Gasteiger partial charge in [-0.25, -0.2) is 0 Å². The van der Waals surface area contributed by atoms with Crippen LogP contribution in [0.15, 0.2) is 0 Å². The van der Waals surface area contributed by atoms with Crippen LogP contribution < -0.4 is 15.0 Å². The molecule has 0 saturated carbocycles. The molecule has 2 atom stereocenters. The highest BCUT2D eigenvalue weighted by Gasteiger charge is 2.28. The second kappa shape index (κ2) is 7.77. The zero-order chi connectivity index (χ0) is 17.9. The number of nitrogens with zero attached hydrogens (tertiary/aromatic N) is 5. The molecule has 0 bridgehead atoms. The minimum absolute atomic E-state index is 0.435. The van der Waals surface area contributed by atoms with Gasteiger partial charge in [0.15, 0.2) is 0 Å². The van der Waals surface area contributed by atoms with E-state index in [1.807, 2.05) is 0 Å². The van der Waals surface area contributed by atoms with Crippen molar-refractivity contribution < 1.29 is 4.74 Å². The molecular formula is C19H28N6O. The first kappa shape index (κ1) is 17.5. The second-order valence-electron chi connectivity index (χ2n) is 7.76. The zero-order valence-electron chi connectivity index (χ0n) is 15.6. The van der Waals surface area contributed by atoms with Crippen molar-refractivity contribution in [2.75, 3.05) is 38.2 Å². The molecule has 2 unspecified atom stereocenters. The van der Waals surface area contributed by atoms with E-state index in [1.165, 1.54) is 18.4 Å². The van der Waals surface area contributed by atoms with Crippen molar-refractivity contribution in [2.24, 2.45) is 5.92 Å². The molecule has 7 nitrogen and oxygen atoms in total. The number of hydrogen-bond donors (Lipinski definition) is 1. The van der Waals surface area contributed by atoms with Crippen LogP contribution in [0.1, 0.15) is 43.4 Å². The minimum atomic E-state index is 0.435. The average Bonchev–Trinajstić information content (AvgIpc) is 3.28. The van der Waals surface area contributed by atoms with Crippen LogP contribution in [-0.4, -0.2) is 54.2 Å². The van der Waals surface area contributed by atoms with Gasteiger partial charge in [0.25, 0.3) is 0 Å². The van der Waals surface area contributed by atoms with Crippen LogP contribution in [0.5, 0.6) is 6.01 Å². The van der Waals surface area contributed by atoms with Gasteiger partial charge >= 0.3 is 6.01 Å². The number of hydrogen-bond acceptors (Lipinski definition) is 7. The molecule has 7 heteroatoms. The largest absolute Gasteiger partial charge is 0.462 e. The summed E-state index contributed by atoms with van der Waals surface area (Å²) in [4.78, 5) is 14.2. The van der Waals surface area contributed by atoms with Crippen LogP contribution in [0.4, 0.5) is 5.82 Å². The molecule has 4 rings (SSSR count). The van der Waals surface area contributed by atoms with Crippen LogP contribution in [-0.2, 0) is 13.1 Å². The number of likely N-dealkylation sites (tertiary alicyclic amines) is 1. The Morgan fingerprint density at radius 3 is 2.92 bits per heavy atom. The van der Waals surface area contributed by atoms with E-state index in [0.29, 0.717) is 31.0 Å². The highest BCUT2D eigenvalue weighted by molar-refractivity contribution is 5.52. The molecule has 3 aliphatic rings. The Labute approximate surface area is 155 Å². The van der Waals surface area contributed by atoms with Gasteiger partial charge in [-0.1, -0.05) is 0 Å². The van der Waals surface area contributed by atoms with E-state index in [1.54, 1.807) is 0 Å². The van der Waals surface area contributed by atoms with Gasteiger partial charge in [-0.3, -0.25) is 0 Å². The molecule has 2 fully saturated rings. The number of anilines is 1. The fourth-order valence-electron chi connectivity index (χ4n) is 4.37. The molecule has 26 heavy (non-hydrogen) atoms. The molecule has 3 aliphatic heterocycles. The third-order valence-corrected chi connectivity index (χ3v) is 5.92. The predicted molar refractivity (Wildman–Crippen MR) is 98.9 cm³/mol. The molecule has 0 radical (unpaired) electrons. The van der Waals surface area contributed by atoms with Gasteiger partial charge in [0.05, 0.1) is 11.8 Å². The lowest BCUT2D eigenvalue weighted by Gasteiger charge is -2.33. The fraction of sp³-hybridized carbons (Fsp3) is 0.737. The molecule has 4 heterocycles. The number of likely N-dealkylation sites (N-methyl/N-ethyl adjacent to an activating group) is 1. The topological polar surface area (TPSA) is 77.3 Å². The maximum atomic E-state index is 9.04. The van der Waals surface area contributed by atoms with Crippen molar-refractivity contribution in [1.29, 1.82) is 5.26 Å². The number of rotatable bonds is 5. The Bertz CT molecular complexity index is 687. The Kier molecular flexibility index (Phi) is 5.23. The van der Waals surface area contributed by atoms with Gasteiger partial charge in [0.1, 0.15) is 12.4 Å². The van der Waals surface area contributed by atoms with Crippen molar-refractivity contribution >= 4 is 5.82 Å². The lowest BCUT2D eigenvalue weighted by molar-refractivity contribution is 0.187. The molecule has 0 aromatic carbocycles. The van der Waals surface area contributed by atoms with Crippen LogP contribution >= 0.6 is 0 Å². The number of nitriles is 1. The maximum Gasteiger partial charge on any atom is 0.318 e. The minimum Gasteiger partial charge on any atom is -0.462 e. The maximum absolute atomic E-state index is 9.04. The molecule has 0 amide bonds. The van der Waals surface area contributed by atoms with E-state index in [-0.39, 0.29) is 0 Å². The van der Waals surface area contributed by atoms with E-state index in [2.05, 4.69) is 33.2 Å². The number of ether oxygens (including phenoxy) is 1. The van der Waals surface area contributed by atoms with Crippen molar-refractivity contribution in [2.45, 2.75) is 51.2 Å². The molecular weight excluding hydrogens is 328 g/mol. The first-order valence-electron chi connectivity index (χ1n) is 9.80. The lowest BCUT2D eigenvalue weighted by atomic mass is 9.95. The summed E-state index contributed by atoms with van der Waals surface area (Å²) < 4.78 is 6.02. The van der Waals surface area contributed by atoms with Gasteiger partial charge in [0, 0.05) is 44.2 Å². The number of aromatic nitrogens is 2. The number of piperidine rings is 1. The van der Waals surface area contributed by atoms with Crippen LogP contribution in [0, 0.1) is 17.2 Å². The standard InChI is InChI=1S/C19H28N6O/c1-24-8-3-5-15(24)13-26-19-22-17-11-21-10-16(17)18(23-19)25-9-2-4-14(12-25)6-7-20/h14-15,21H,2-6,8-13H2,1H3. The summed E-state index contributed by atoms with van der Waals surface area (Å²) in [5.74, 6) is 1.45. The molecule has 0 aliphatic carbocycles.